The van der Waals surface area contributed by atoms with Gasteiger partial charge in [0.1, 0.15) is 18.4 Å². The summed E-state index contributed by atoms with van der Waals surface area (Å²) in [6.07, 6.45) is 0.153. The Bertz CT molecular complexity index is 1720. The predicted molar refractivity (Wildman–Crippen MR) is 176 cm³/mol. The number of carbonyl (C=O) groups excluding carboxylic acids is 2. The number of hydrogen-bond donors (Lipinski definition) is 1. The summed E-state index contributed by atoms with van der Waals surface area (Å²) in [5, 5.41) is 3.25. The number of carbonyl (C=O) groups is 2. The minimum atomic E-state index is -4.32. The standard InChI is InChI=1S/C34H34Cl2FN3O4S/c1-23(2)38-34(42)32(17-25-7-5-4-6-8-25)39(21-26-11-13-29(37)14-12-26)33(41)22-40(30-19-27(35)18-28(36)20-30)45(43,44)31-15-9-24(3)10-16-31/h4-16,18-20,23,32H,17,21-22H2,1-3H3,(H,38,42)/t32-/m1/s1. The molecule has 0 bridgehead atoms. The molecule has 4 rings (SSSR count). The van der Waals surface area contributed by atoms with Gasteiger partial charge in [-0.25, -0.2) is 12.8 Å². The molecule has 0 saturated heterocycles. The predicted octanol–water partition coefficient (Wildman–Crippen LogP) is 6.80. The molecular weight excluding hydrogens is 636 g/mol. The molecule has 0 fully saturated rings. The van der Waals surface area contributed by atoms with Crippen molar-refractivity contribution < 1.29 is 22.4 Å². The first-order valence-electron chi connectivity index (χ1n) is 14.3. The van der Waals surface area contributed by atoms with Gasteiger partial charge in [0.25, 0.3) is 10.0 Å². The third-order valence-electron chi connectivity index (χ3n) is 6.99. The van der Waals surface area contributed by atoms with Gasteiger partial charge in [0.05, 0.1) is 10.6 Å². The lowest BCUT2D eigenvalue weighted by Gasteiger charge is -2.34. The van der Waals surface area contributed by atoms with E-state index in [2.05, 4.69) is 5.32 Å². The monoisotopic (exact) mass is 669 g/mol. The van der Waals surface area contributed by atoms with Gasteiger partial charge in [-0.05, 0) is 74.4 Å². The SMILES string of the molecule is Cc1ccc(S(=O)(=O)N(CC(=O)N(Cc2ccc(F)cc2)[C@H](Cc2ccccc2)C(=O)NC(C)C)c2cc(Cl)cc(Cl)c2)cc1. The third kappa shape index (κ3) is 9.06. The number of rotatable bonds is 12. The Hall–Kier alpha value is -3.92. The zero-order valence-electron chi connectivity index (χ0n) is 25.1. The Labute approximate surface area is 273 Å². The summed E-state index contributed by atoms with van der Waals surface area (Å²) in [5.41, 5.74) is 2.28. The van der Waals surface area contributed by atoms with Gasteiger partial charge in [0, 0.05) is 29.1 Å². The Morgan fingerprint density at radius 3 is 2.02 bits per heavy atom. The van der Waals surface area contributed by atoms with E-state index in [1.165, 1.54) is 59.5 Å². The second-order valence-corrected chi connectivity index (χ2v) is 13.7. The van der Waals surface area contributed by atoms with Gasteiger partial charge in [0.2, 0.25) is 11.8 Å². The Morgan fingerprint density at radius 1 is 0.844 bits per heavy atom. The molecule has 0 radical (unpaired) electrons. The molecule has 0 aliphatic heterocycles. The maximum Gasteiger partial charge on any atom is 0.264 e. The lowest BCUT2D eigenvalue weighted by Crippen LogP contribution is -2.54. The number of halogens is 3. The van der Waals surface area contributed by atoms with Crippen LogP contribution < -0.4 is 9.62 Å². The van der Waals surface area contributed by atoms with E-state index in [-0.39, 0.29) is 39.6 Å². The van der Waals surface area contributed by atoms with E-state index in [0.29, 0.717) is 5.56 Å². The second-order valence-electron chi connectivity index (χ2n) is 11.0. The molecule has 0 spiro atoms. The number of nitrogens with zero attached hydrogens (tertiary/aromatic N) is 2. The number of hydrogen-bond acceptors (Lipinski definition) is 4. The van der Waals surface area contributed by atoms with Gasteiger partial charge in [-0.2, -0.15) is 0 Å². The summed E-state index contributed by atoms with van der Waals surface area (Å²) in [7, 11) is -4.32. The van der Waals surface area contributed by atoms with Crippen molar-refractivity contribution in [2.75, 3.05) is 10.8 Å². The lowest BCUT2D eigenvalue weighted by atomic mass is 10.0. The van der Waals surface area contributed by atoms with Crippen molar-refractivity contribution in [3.8, 4) is 0 Å². The summed E-state index contributed by atoms with van der Waals surface area (Å²) >= 11 is 12.6. The topological polar surface area (TPSA) is 86.8 Å². The molecule has 0 aromatic heterocycles. The highest BCUT2D eigenvalue weighted by molar-refractivity contribution is 7.92. The fourth-order valence-corrected chi connectivity index (χ4v) is 6.68. The van der Waals surface area contributed by atoms with Crippen LogP contribution in [0.1, 0.15) is 30.5 Å². The molecule has 45 heavy (non-hydrogen) atoms. The second kappa shape index (κ2) is 14.9. The van der Waals surface area contributed by atoms with Crippen molar-refractivity contribution in [1.29, 1.82) is 0 Å². The molecule has 1 N–H and O–H groups in total. The van der Waals surface area contributed by atoms with Crippen molar-refractivity contribution in [1.82, 2.24) is 10.2 Å². The molecule has 236 valence electrons. The van der Waals surface area contributed by atoms with E-state index < -0.39 is 40.2 Å². The summed E-state index contributed by atoms with van der Waals surface area (Å²) in [6.45, 7) is 4.69. The van der Waals surface area contributed by atoms with Crippen LogP contribution in [0, 0.1) is 12.7 Å². The highest BCUT2D eigenvalue weighted by Gasteiger charge is 2.35. The van der Waals surface area contributed by atoms with Crippen molar-refractivity contribution in [2.45, 2.75) is 50.7 Å². The van der Waals surface area contributed by atoms with Crippen LogP contribution in [-0.4, -0.2) is 43.8 Å². The van der Waals surface area contributed by atoms with Crippen LogP contribution in [0.4, 0.5) is 10.1 Å². The van der Waals surface area contributed by atoms with Crippen LogP contribution in [0.25, 0.3) is 0 Å². The van der Waals surface area contributed by atoms with Crippen molar-refractivity contribution in [2.24, 2.45) is 0 Å². The first-order valence-corrected chi connectivity index (χ1v) is 16.5. The van der Waals surface area contributed by atoms with Crippen LogP contribution in [0.2, 0.25) is 10.0 Å². The molecule has 1 atom stereocenters. The smallest absolute Gasteiger partial charge is 0.264 e. The van der Waals surface area contributed by atoms with Crippen LogP contribution in [0.3, 0.4) is 0 Å². The van der Waals surface area contributed by atoms with E-state index in [4.69, 9.17) is 23.2 Å². The Kier molecular flexibility index (Phi) is 11.3. The number of anilines is 1. The van der Waals surface area contributed by atoms with Gasteiger partial charge in [-0.1, -0.05) is 83.4 Å². The summed E-state index contributed by atoms with van der Waals surface area (Å²) in [6, 6.07) is 24.0. The Balaban J connectivity index is 1.82. The number of sulfonamides is 1. The third-order valence-corrected chi connectivity index (χ3v) is 9.22. The molecular formula is C34H34Cl2FN3O4S. The lowest BCUT2D eigenvalue weighted by molar-refractivity contribution is -0.140. The zero-order chi connectivity index (χ0) is 32.7. The normalized spacial score (nSPS) is 12.1. The summed E-state index contributed by atoms with van der Waals surface area (Å²) in [4.78, 5) is 29.4. The Morgan fingerprint density at radius 2 is 1.44 bits per heavy atom. The van der Waals surface area contributed by atoms with Crippen LogP contribution in [-0.2, 0) is 32.6 Å². The van der Waals surface area contributed by atoms with E-state index >= 15 is 0 Å². The van der Waals surface area contributed by atoms with E-state index in [1.807, 2.05) is 51.1 Å². The van der Waals surface area contributed by atoms with E-state index in [1.54, 1.807) is 12.1 Å². The van der Waals surface area contributed by atoms with Gasteiger partial charge in [0.15, 0.2) is 0 Å². The minimum absolute atomic E-state index is 0.0412. The van der Waals surface area contributed by atoms with Crippen molar-refractivity contribution >= 4 is 50.7 Å². The van der Waals surface area contributed by atoms with Crippen molar-refractivity contribution in [3.63, 3.8) is 0 Å². The zero-order valence-corrected chi connectivity index (χ0v) is 27.4. The van der Waals surface area contributed by atoms with Gasteiger partial charge < -0.3 is 10.2 Å². The minimum Gasteiger partial charge on any atom is -0.352 e. The first kappa shape index (κ1) is 34.0. The molecule has 0 heterocycles. The molecule has 4 aromatic rings. The quantitative estimate of drug-likeness (QED) is 0.180. The molecule has 0 aliphatic carbocycles. The number of nitrogens with one attached hydrogen (secondary N) is 1. The maximum atomic E-state index is 14.4. The average molecular weight is 671 g/mol. The summed E-state index contributed by atoms with van der Waals surface area (Å²) < 4.78 is 43.0. The van der Waals surface area contributed by atoms with E-state index in [9.17, 15) is 22.4 Å². The molecule has 0 aliphatic rings. The highest BCUT2D eigenvalue weighted by atomic mass is 35.5. The van der Waals surface area contributed by atoms with Crippen molar-refractivity contribution in [3.05, 3.63) is 130 Å². The number of benzene rings is 4. The highest BCUT2D eigenvalue weighted by Crippen LogP contribution is 2.30. The molecule has 7 nitrogen and oxygen atoms in total. The van der Waals surface area contributed by atoms with E-state index in [0.717, 1.165) is 15.4 Å². The number of aryl methyl sites for hydroxylation is 1. The molecule has 0 unspecified atom stereocenters. The first-order chi connectivity index (χ1) is 21.3. The molecule has 0 saturated carbocycles. The van der Waals surface area contributed by atoms with Crippen LogP contribution >= 0.6 is 23.2 Å². The van der Waals surface area contributed by atoms with Gasteiger partial charge in [-0.15, -0.1) is 0 Å². The van der Waals surface area contributed by atoms with Gasteiger partial charge >= 0.3 is 0 Å². The van der Waals surface area contributed by atoms with Gasteiger partial charge in [-0.3, -0.25) is 13.9 Å². The molecule has 4 aromatic carbocycles. The fourth-order valence-electron chi connectivity index (χ4n) is 4.77. The largest absolute Gasteiger partial charge is 0.352 e. The molecule has 11 heteroatoms. The summed E-state index contributed by atoms with van der Waals surface area (Å²) in [5.74, 6) is -1.53. The average Bonchev–Trinajstić information content (AvgIpc) is 2.98. The fraction of sp³-hybridized carbons (Fsp3) is 0.235. The maximum absolute atomic E-state index is 14.4. The van der Waals surface area contributed by atoms with Crippen LogP contribution in [0.15, 0.2) is 102 Å². The number of amides is 2. The van der Waals surface area contributed by atoms with Crippen LogP contribution in [0.5, 0.6) is 0 Å². The molecule has 2 amide bonds.